The molecule has 0 aliphatic carbocycles. The molecule has 0 radical (unpaired) electrons. The third-order valence-corrected chi connectivity index (χ3v) is 4.37. The first-order valence-corrected chi connectivity index (χ1v) is 8.91. The van der Waals surface area contributed by atoms with Crippen molar-refractivity contribution in [3.63, 3.8) is 0 Å². The lowest BCUT2D eigenvalue weighted by Gasteiger charge is -2.34. The number of hydrogen-bond acceptors (Lipinski definition) is 6. The fraction of sp³-hybridized carbons (Fsp3) is 0.389. The van der Waals surface area contributed by atoms with Crippen LogP contribution >= 0.6 is 0 Å². The number of halogens is 1. The van der Waals surface area contributed by atoms with E-state index in [1.807, 2.05) is 6.92 Å². The van der Waals surface area contributed by atoms with Gasteiger partial charge in [-0.1, -0.05) is 12.1 Å². The molecule has 1 aromatic carbocycles. The van der Waals surface area contributed by atoms with Gasteiger partial charge in [-0.05, 0) is 24.3 Å². The van der Waals surface area contributed by atoms with Crippen LogP contribution < -0.4 is 5.32 Å². The molecule has 3 rings (SSSR count). The van der Waals surface area contributed by atoms with Gasteiger partial charge in [0, 0.05) is 38.2 Å². The lowest BCUT2D eigenvalue weighted by atomic mass is 10.1. The molecule has 0 atom stereocenters. The predicted octanol–water partition coefficient (Wildman–Crippen LogP) is 0.372. The molecule has 1 fully saturated rings. The molecule has 2 aromatic rings. The van der Waals surface area contributed by atoms with Gasteiger partial charge in [-0.3, -0.25) is 14.4 Å². The van der Waals surface area contributed by atoms with Crippen LogP contribution in [0, 0.1) is 5.82 Å². The molecule has 0 unspecified atom stereocenters. The predicted molar refractivity (Wildman–Crippen MR) is 94.4 cm³/mol. The van der Waals surface area contributed by atoms with Crippen LogP contribution in [0.1, 0.15) is 29.0 Å². The van der Waals surface area contributed by atoms with Crippen LogP contribution in [0.15, 0.2) is 28.8 Å². The zero-order valence-corrected chi connectivity index (χ0v) is 15.4. The van der Waals surface area contributed by atoms with Crippen molar-refractivity contribution in [2.75, 3.05) is 26.2 Å². The summed E-state index contributed by atoms with van der Waals surface area (Å²) in [6, 6.07) is 5.29. The van der Waals surface area contributed by atoms with Gasteiger partial charge >= 0.3 is 11.8 Å². The Kier molecular flexibility index (Phi) is 5.97. The lowest BCUT2D eigenvalue weighted by molar-refractivity contribution is -0.146. The molecule has 0 spiro atoms. The second-order valence-electron chi connectivity index (χ2n) is 6.23. The summed E-state index contributed by atoms with van der Waals surface area (Å²) in [6.45, 7) is 2.90. The third kappa shape index (κ3) is 4.51. The highest BCUT2D eigenvalue weighted by Gasteiger charge is 2.28. The summed E-state index contributed by atoms with van der Waals surface area (Å²) >= 11 is 0. The monoisotopic (exact) mass is 389 g/mol. The number of amides is 3. The first kappa shape index (κ1) is 19.5. The Morgan fingerprint density at radius 3 is 2.36 bits per heavy atom. The van der Waals surface area contributed by atoms with Crippen molar-refractivity contribution in [3.05, 3.63) is 47.4 Å². The van der Waals surface area contributed by atoms with Crippen molar-refractivity contribution in [3.8, 4) is 0 Å². The van der Waals surface area contributed by atoms with E-state index >= 15 is 0 Å². The molecule has 0 bridgehead atoms. The quantitative estimate of drug-likeness (QED) is 0.757. The van der Waals surface area contributed by atoms with Crippen LogP contribution in [0.3, 0.4) is 0 Å². The normalized spacial score (nSPS) is 14.1. The smallest absolute Gasteiger partial charge is 0.312 e. The Morgan fingerprint density at radius 1 is 1.11 bits per heavy atom. The molecule has 1 aromatic heterocycles. The van der Waals surface area contributed by atoms with E-state index in [9.17, 15) is 18.8 Å². The molecule has 3 amide bonds. The lowest BCUT2D eigenvalue weighted by Crippen LogP contribution is -2.53. The van der Waals surface area contributed by atoms with E-state index in [4.69, 9.17) is 4.52 Å². The molecule has 9 nitrogen and oxygen atoms in total. The summed E-state index contributed by atoms with van der Waals surface area (Å²) in [7, 11) is 0. The van der Waals surface area contributed by atoms with Crippen molar-refractivity contribution in [2.45, 2.75) is 19.9 Å². The largest absolute Gasteiger partial charge is 0.339 e. The number of aryl methyl sites for hydroxylation is 1. The Morgan fingerprint density at radius 2 is 1.75 bits per heavy atom. The number of carbonyl (C=O) groups excluding carboxylic acids is 3. The van der Waals surface area contributed by atoms with Crippen molar-refractivity contribution >= 4 is 17.7 Å². The summed E-state index contributed by atoms with van der Waals surface area (Å²) in [5.41, 5.74) is 0.380. The summed E-state index contributed by atoms with van der Waals surface area (Å²) in [4.78, 5) is 43.7. The van der Waals surface area contributed by atoms with Crippen LogP contribution in [0.4, 0.5) is 4.39 Å². The molecule has 1 saturated heterocycles. The zero-order valence-electron chi connectivity index (χ0n) is 15.4. The van der Waals surface area contributed by atoms with E-state index < -0.39 is 17.6 Å². The standard InChI is InChI=1S/C18H20FN5O4/c1-2-14-21-15(28-22-14)11-20-16(25)18(27)24-9-7-23(8-10-24)17(26)12-3-5-13(19)6-4-12/h3-6H,2,7-11H2,1H3,(H,20,25). The highest BCUT2D eigenvalue weighted by Crippen LogP contribution is 2.10. The minimum Gasteiger partial charge on any atom is -0.339 e. The van der Waals surface area contributed by atoms with E-state index in [-0.39, 0.29) is 31.4 Å². The minimum atomic E-state index is -0.769. The fourth-order valence-electron chi connectivity index (χ4n) is 2.77. The number of nitrogens with zero attached hydrogens (tertiary/aromatic N) is 4. The topological polar surface area (TPSA) is 109 Å². The average Bonchev–Trinajstić information content (AvgIpc) is 3.20. The van der Waals surface area contributed by atoms with Crippen molar-refractivity contribution in [1.29, 1.82) is 0 Å². The number of benzene rings is 1. The highest BCUT2D eigenvalue weighted by molar-refractivity contribution is 6.35. The van der Waals surface area contributed by atoms with E-state index in [2.05, 4.69) is 15.5 Å². The van der Waals surface area contributed by atoms with Crippen molar-refractivity contribution in [1.82, 2.24) is 25.3 Å². The van der Waals surface area contributed by atoms with Crippen LogP contribution in [-0.4, -0.2) is 63.8 Å². The van der Waals surface area contributed by atoms with Crippen LogP contribution in [-0.2, 0) is 22.6 Å². The molecular formula is C18H20FN5O4. The molecule has 1 aliphatic rings. The molecule has 148 valence electrons. The number of nitrogens with one attached hydrogen (secondary N) is 1. The van der Waals surface area contributed by atoms with E-state index in [1.54, 1.807) is 4.90 Å². The van der Waals surface area contributed by atoms with Gasteiger partial charge in [0.2, 0.25) is 5.89 Å². The Balaban J connectivity index is 1.48. The summed E-state index contributed by atoms with van der Waals surface area (Å²) < 4.78 is 17.9. The van der Waals surface area contributed by atoms with Crippen molar-refractivity contribution < 1.29 is 23.3 Å². The first-order valence-electron chi connectivity index (χ1n) is 8.91. The molecule has 0 saturated carbocycles. The maximum atomic E-state index is 13.0. The minimum absolute atomic E-state index is 0.0272. The van der Waals surface area contributed by atoms with Gasteiger partial charge in [0.05, 0.1) is 6.54 Å². The molecule has 1 aliphatic heterocycles. The van der Waals surface area contributed by atoms with Gasteiger partial charge in [-0.2, -0.15) is 4.98 Å². The van der Waals surface area contributed by atoms with Gasteiger partial charge in [0.25, 0.3) is 5.91 Å². The van der Waals surface area contributed by atoms with Crippen LogP contribution in [0.25, 0.3) is 0 Å². The van der Waals surface area contributed by atoms with Gasteiger partial charge in [0.15, 0.2) is 5.82 Å². The molecular weight excluding hydrogens is 369 g/mol. The molecule has 28 heavy (non-hydrogen) atoms. The molecule has 2 heterocycles. The van der Waals surface area contributed by atoms with Crippen LogP contribution in [0.2, 0.25) is 0 Å². The number of rotatable bonds is 4. The van der Waals surface area contributed by atoms with E-state index in [1.165, 1.54) is 29.2 Å². The Bertz CT molecular complexity index is 859. The number of aromatic nitrogens is 2. The second-order valence-corrected chi connectivity index (χ2v) is 6.23. The fourth-order valence-corrected chi connectivity index (χ4v) is 2.77. The Hall–Kier alpha value is -3.30. The SMILES string of the molecule is CCc1noc(CNC(=O)C(=O)N2CCN(C(=O)c3ccc(F)cc3)CC2)n1. The van der Waals surface area contributed by atoms with E-state index in [0.29, 0.717) is 30.9 Å². The second kappa shape index (κ2) is 8.59. The molecule has 1 N–H and O–H groups in total. The van der Waals surface area contributed by atoms with Gasteiger partial charge in [-0.25, -0.2) is 4.39 Å². The van der Waals surface area contributed by atoms with Gasteiger partial charge in [-0.15, -0.1) is 0 Å². The maximum absolute atomic E-state index is 13.0. The van der Waals surface area contributed by atoms with Crippen molar-refractivity contribution in [2.24, 2.45) is 0 Å². The number of hydrogen-bond donors (Lipinski definition) is 1. The molecule has 10 heteroatoms. The third-order valence-electron chi connectivity index (χ3n) is 4.37. The number of carbonyl (C=O) groups is 3. The first-order chi connectivity index (χ1) is 13.5. The average molecular weight is 389 g/mol. The summed E-state index contributed by atoms with van der Waals surface area (Å²) in [6.07, 6.45) is 0.608. The zero-order chi connectivity index (χ0) is 20.1. The highest BCUT2D eigenvalue weighted by atomic mass is 19.1. The van der Waals surface area contributed by atoms with E-state index in [0.717, 1.165) is 0 Å². The maximum Gasteiger partial charge on any atom is 0.312 e. The van der Waals surface area contributed by atoms with Gasteiger partial charge < -0.3 is 19.6 Å². The van der Waals surface area contributed by atoms with Crippen LogP contribution in [0.5, 0.6) is 0 Å². The summed E-state index contributed by atoms with van der Waals surface area (Å²) in [5.74, 6) is -1.34. The van der Waals surface area contributed by atoms with Gasteiger partial charge in [0.1, 0.15) is 5.82 Å². The summed E-state index contributed by atoms with van der Waals surface area (Å²) in [5, 5.41) is 6.17. The Labute approximate surface area is 160 Å². The number of piperazine rings is 1.